The zero-order chi connectivity index (χ0) is 20.5. The Bertz CT molecular complexity index is 1280. The molecule has 5 rings (SSSR count). The highest BCUT2D eigenvalue weighted by Gasteiger charge is 2.18. The molecule has 0 bridgehead atoms. The number of carbonyl (C=O) groups is 1. The molecule has 0 aliphatic carbocycles. The molecule has 0 fully saturated rings. The van der Waals surface area contributed by atoms with Gasteiger partial charge in [0.25, 0.3) is 0 Å². The third-order valence-electron chi connectivity index (χ3n) is 4.94. The lowest BCUT2D eigenvalue weighted by Gasteiger charge is -2.09. The number of aromatic nitrogens is 3. The first-order valence-corrected chi connectivity index (χ1v) is 9.39. The van der Waals surface area contributed by atoms with Crippen molar-refractivity contribution in [2.24, 2.45) is 4.99 Å². The zero-order valence-electron chi connectivity index (χ0n) is 15.8. The molecule has 0 saturated carbocycles. The van der Waals surface area contributed by atoms with Gasteiger partial charge in [0.2, 0.25) is 5.91 Å². The average molecular weight is 397 g/mol. The minimum atomic E-state index is -0.313. The SMILES string of the molecule is O=C1CC(c2cccc(-n3cnnc3)c2)=Nc2ccc(-c3ccccc3F)cc2N1. The number of nitrogens with one attached hydrogen (secondary N) is 1. The van der Waals surface area contributed by atoms with Crippen LogP contribution in [0.3, 0.4) is 0 Å². The van der Waals surface area contributed by atoms with Crippen LogP contribution < -0.4 is 5.32 Å². The van der Waals surface area contributed by atoms with Crippen molar-refractivity contribution >= 4 is 23.0 Å². The van der Waals surface area contributed by atoms with Crippen LogP contribution in [-0.2, 0) is 4.79 Å². The summed E-state index contributed by atoms with van der Waals surface area (Å²) in [6, 6.07) is 19.6. The first-order chi connectivity index (χ1) is 14.7. The Morgan fingerprint density at radius 1 is 0.900 bits per heavy atom. The minimum Gasteiger partial charge on any atom is -0.324 e. The Labute approximate surface area is 171 Å². The fourth-order valence-electron chi connectivity index (χ4n) is 3.47. The summed E-state index contributed by atoms with van der Waals surface area (Å²) in [5.74, 6) is -0.486. The predicted molar refractivity (Wildman–Crippen MR) is 113 cm³/mol. The lowest BCUT2D eigenvalue weighted by atomic mass is 10.0. The van der Waals surface area contributed by atoms with Gasteiger partial charge in [-0.2, -0.15) is 0 Å². The first-order valence-electron chi connectivity index (χ1n) is 9.39. The van der Waals surface area contributed by atoms with Gasteiger partial charge in [-0.05, 0) is 41.5 Å². The topological polar surface area (TPSA) is 72.2 Å². The number of rotatable bonds is 3. The van der Waals surface area contributed by atoms with Crippen molar-refractivity contribution < 1.29 is 9.18 Å². The number of nitrogens with zero attached hydrogens (tertiary/aromatic N) is 4. The van der Waals surface area contributed by atoms with Crippen molar-refractivity contribution in [2.75, 3.05) is 5.32 Å². The molecule has 0 spiro atoms. The standard InChI is InChI=1S/C23H16FN5O/c24-19-7-2-1-6-18(19)15-8-9-20-22(11-15)28-23(30)12-21(27-20)16-4-3-5-17(10-16)29-13-25-26-14-29/h1-11,13-14H,12H2,(H,28,30). The number of hydrogen-bond acceptors (Lipinski definition) is 4. The van der Waals surface area contributed by atoms with E-state index in [4.69, 9.17) is 4.99 Å². The quantitative estimate of drug-likeness (QED) is 0.552. The van der Waals surface area contributed by atoms with Crippen molar-refractivity contribution in [3.8, 4) is 16.8 Å². The second-order valence-electron chi connectivity index (χ2n) is 6.91. The lowest BCUT2D eigenvalue weighted by molar-refractivity contribution is -0.115. The zero-order valence-corrected chi connectivity index (χ0v) is 15.8. The average Bonchev–Trinajstić information content (AvgIpc) is 3.24. The summed E-state index contributed by atoms with van der Waals surface area (Å²) in [7, 11) is 0. The van der Waals surface area contributed by atoms with Crippen LogP contribution in [0.25, 0.3) is 16.8 Å². The maximum Gasteiger partial charge on any atom is 0.230 e. The van der Waals surface area contributed by atoms with Gasteiger partial charge in [0.1, 0.15) is 18.5 Å². The van der Waals surface area contributed by atoms with Crippen molar-refractivity contribution in [1.29, 1.82) is 0 Å². The Hall–Kier alpha value is -4.13. The van der Waals surface area contributed by atoms with Gasteiger partial charge < -0.3 is 5.32 Å². The number of carbonyl (C=O) groups excluding carboxylic acids is 1. The van der Waals surface area contributed by atoms with Crippen LogP contribution in [0.4, 0.5) is 15.8 Å². The van der Waals surface area contributed by atoms with E-state index < -0.39 is 0 Å². The van der Waals surface area contributed by atoms with E-state index in [2.05, 4.69) is 15.5 Å². The van der Waals surface area contributed by atoms with E-state index in [0.29, 0.717) is 28.2 Å². The first kappa shape index (κ1) is 17.9. The number of anilines is 1. The summed E-state index contributed by atoms with van der Waals surface area (Å²) < 4.78 is 16.0. The number of hydrogen-bond donors (Lipinski definition) is 1. The fraction of sp³-hybridized carbons (Fsp3) is 0.0435. The van der Waals surface area contributed by atoms with E-state index in [1.54, 1.807) is 47.6 Å². The summed E-state index contributed by atoms with van der Waals surface area (Å²) in [5, 5.41) is 10.6. The normalized spacial score (nSPS) is 13.2. The van der Waals surface area contributed by atoms with Gasteiger partial charge in [-0.3, -0.25) is 14.4 Å². The van der Waals surface area contributed by atoms with Gasteiger partial charge in [-0.1, -0.05) is 36.4 Å². The van der Waals surface area contributed by atoms with E-state index in [9.17, 15) is 9.18 Å². The summed E-state index contributed by atoms with van der Waals surface area (Å²) >= 11 is 0. The smallest absolute Gasteiger partial charge is 0.230 e. The van der Waals surface area contributed by atoms with Crippen LogP contribution in [0.15, 0.2) is 84.4 Å². The fourth-order valence-corrected chi connectivity index (χ4v) is 3.47. The summed E-state index contributed by atoms with van der Waals surface area (Å²) in [6.45, 7) is 0. The largest absolute Gasteiger partial charge is 0.324 e. The minimum absolute atomic E-state index is 0.134. The van der Waals surface area contributed by atoms with E-state index in [1.165, 1.54) is 6.07 Å². The molecule has 3 aromatic carbocycles. The molecule has 0 saturated heterocycles. The molecule has 30 heavy (non-hydrogen) atoms. The van der Waals surface area contributed by atoms with Gasteiger partial charge in [0.15, 0.2) is 0 Å². The Kier molecular flexibility index (Phi) is 4.40. The van der Waals surface area contributed by atoms with E-state index in [1.807, 2.05) is 30.3 Å². The van der Waals surface area contributed by atoms with Gasteiger partial charge in [-0.25, -0.2) is 4.39 Å². The van der Waals surface area contributed by atoms with Gasteiger partial charge in [-0.15, -0.1) is 10.2 Å². The van der Waals surface area contributed by atoms with Crippen LogP contribution in [0, 0.1) is 5.82 Å². The van der Waals surface area contributed by atoms with Crippen molar-refractivity contribution in [3.63, 3.8) is 0 Å². The predicted octanol–water partition coefficient (Wildman–Crippen LogP) is 4.54. The number of fused-ring (bicyclic) bond motifs is 1. The van der Waals surface area contributed by atoms with Crippen LogP contribution >= 0.6 is 0 Å². The Morgan fingerprint density at radius 3 is 2.57 bits per heavy atom. The van der Waals surface area contributed by atoms with Crippen LogP contribution in [-0.4, -0.2) is 26.4 Å². The maximum absolute atomic E-state index is 14.2. The third-order valence-corrected chi connectivity index (χ3v) is 4.94. The van der Waals surface area contributed by atoms with E-state index in [0.717, 1.165) is 11.3 Å². The molecular formula is C23H16FN5O. The second-order valence-corrected chi connectivity index (χ2v) is 6.91. The number of amides is 1. The Morgan fingerprint density at radius 2 is 1.73 bits per heavy atom. The van der Waals surface area contributed by atoms with E-state index >= 15 is 0 Å². The third kappa shape index (κ3) is 3.37. The van der Waals surface area contributed by atoms with Crippen molar-refractivity contribution in [2.45, 2.75) is 6.42 Å². The van der Waals surface area contributed by atoms with Gasteiger partial charge in [0.05, 0.1) is 23.5 Å². The highest BCUT2D eigenvalue weighted by Crippen LogP contribution is 2.34. The Balaban J connectivity index is 1.56. The second kappa shape index (κ2) is 7.36. The van der Waals surface area contributed by atoms with Gasteiger partial charge >= 0.3 is 0 Å². The molecule has 1 aliphatic heterocycles. The van der Waals surface area contributed by atoms with E-state index in [-0.39, 0.29) is 18.1 Å². The molecule has 6 nitrogen and oxygen atoms in total. The van der Waals surface area contributed by atoms with Crippen LogP contribution in [0.5, 0.6) is 0 Å². The van der Waals surface area contributed by atoms with Gasteiger partial charge in [0, 0.05) is 11.3 Å². The molecule has 1 N–H and O–H groups in total. The molecule has 0 radical (unpaired) electrons. The highest BCUT2D eigenvalue weighted by atomic mass is 19.1. The molecular weight excluding hydrogens is 381 g/mol. The summed E-state index contributed by atoms with van der Waals surface area (Å²) in [5.41, 5.74) is 4.71. The molecule has 0 atom stereocenters. The molecule has 1 aliphatic rings. The number of aliphatic imine (C=N–C) groups is 1. The molecule has 7 heteroatoms. The van der Waals surface area contributed by atoms with Crippen molar-refractivity contribution in [1.82, 2.24) is 14.8 Å². The summed E-state index contributed by atoms with van der Waals surface area (Å²) in [6.07, 6.45) is 3.36. The molecule has 0 unspecified atom stereocenters. The molecule has 2 heterocycles. The number of benzene rings is 3. The van der Waals surface area contributed by atoms with Crippen LogP contribution in [0.1, 0.15) is 12.0 Å². The lowest BCUT2D eigenvalue weighted by Crippen LogP contribution is -2.15. The number of halogens is 1. The summed E-state index contributed by atoms with van der Waals surface area (Å²) in [4.78, 5) is 17.3. The molecule has 1 amide bonds. The molecule has 146 valence electrons. The maximum atomic E-state index is 14.2. The van der Waals surface area contributed by atoms with Crippen LogP contribution in [0.2, 0.25) is 0 Å². The monoisotopic (exact) mass is 397 g/mol. The highest BCUT2D eigenvalue weighted by molar-refractivity contribution is 6.17. The molecule has 1 aromatic heterocycles. The molecule has 4 aromatic rings. The van der Waals surface area contributed by atoms with Crippen molar-refractivity contribution in [3.05, 3.63) is 90.8 Å².